The van der Waals surface area contributed by atoms with Crippen LogP contribution < -0.4 is 10.1 Å². The van der Waals surface area contributed by atoms with E-state index < -0.39 is 11.3 Å². The van der Waals surface area contributed by atoms with Crippen LogP contribution in [0, 0.1) is 0 Å². The number of benzene rings is 1. The molecule has 0 radical (unpaired) electrons. The first-order valence-electron chi connectivity index (χ1n) is 6.94. The number of nitrogens with one attached hydrogen (secondary N) is 1. The Morgan fingerprint density at radius 2 is 2.09 bits per heavy atom. The van der Waals surface area contributed by atoms with Crippen molar-refractivity contribution in [2.75, 3.05) is 6.61 Å². The van der Waals surface area contributed by atoms with Crippen LogP contribution in [0.3, 0.4) is 0 Å². The molecule has 1 fully saturated rings. The number of para-hydroxylation sites is 1. The van der Waals surface area contributed by atoms with Gasteiger partial charge in [-0.3, -0.25) is 14.5 Å². The predicted molar refractivity (Wildman–Crippen MR) is 82.4 cm³/mol. The monoisotopic (exact) mass is 334 g/mol. The molecule has 1 saturated heterocycles. The second kappa shape index (κ2) is 6.33. The molecular formula is C15H14N2O5S. The Labute approximate surface area is 136 Å². The van der Waals surface area contributed by atoms with Crippen LogP contribution in [0.5, 0.6) is 5.75 Å². The van der Waals surface area contributed by atoms with Crippen molar-refractivity contribution in [2.45, 2.75) is 17.2 Å². The van der Waals surface area contributed by atoms with Crippen LogP contribution in [0.25, 0.3) is 0 Å². The van der Waals surface area contributed by atoms with Crippen molar-refractivity contribution in [1.29, 1.82) is 0 Å². The quantitative estimate of drug-likeness (QED) is 0.773. The molecule has 2 amide bonds. The summed E-state index contributed by atoms with van der Waals surface area (Å²) in [6, 6.07) is 8.92. The Morgan fingerprint density at radius 1 is 1.35 bits per heavy atom. The summed E-state index contributed by atoms with van der Waals surface area (Å²) in [5.41, 5.74) is -0.0840. The zero-order valence-electron chi connectivity index (χ0n) is 12.0. The van der Waals surface area contributed by atoms with Gasteiger partial charge < -0.3 is 15.2 Å². The minimum atomic E-state index is -1.18. The number of rotatable bonds is 5. The zero-order chi connectivity index (χ0) is 16.4. The number of carbonyl (C=O) groups excluding carboxylic acids is 2. The molecule has 2 heterocycles. The van der Waals surface area contributed by atoms with E-state index in [0.29, 0.717) is 5.75 Å². The van der Waals surface area contributed by atoms with Crippen LogP contribution in [0.1, 0.15) is 6.42 Å². The van der Waals surface area contributed by atoms with Gasteiger partial charge in [-0.25, -0.2) is 4.79 Å². The van der Waals surface area contributed by atoms with Gasteiger partial charge in [0.05, 0.1) is 17.2 Å². The Balaban J connectivity index is 1.59. The molecule has 0 aromatic heterocycles. The average Bonchev–Trinajstić information content (AvgIpc) is 2.52. The molecule has 120 valence electrons. The van der Waals surface area contributed by atoms with Crippen LogP contribution in [0.15, 0.2) is 42.1 Å². The largest absolute Gasteiger partial charge is 0.484 e. The summed E-state index contributed by atoms with van der Waals surface area (Å²) in [7, 11) is 0. The van der Waals surface area contributed by atoms with Gasteiger partial charge in [0, 0.05) is 0 Å². The SMILES string of the molecule is O=C(COc1ccccc1)NC1C=C(C(=O)O)N2C(=O)C[C@H]2S1. The number of amides is 2. The van der Waals surface area contributed by atoms with Gasteiger partial charge in [0.15, 0.2) is 6.61 Å². The smallest absolute Gasteiger partial charge is 0.352 e. The highest BCUT2D eigenvalue weighted by Crippen LogP contribution is 2.39. The number of β-lactam (4-membered cyclic amide) rings is 1. The molecule has 23 heavy (non-hydrogen) atoms. The molecule has 8 heteroatoms. The van der Waals surface area contributed by atoms with Gasteiger partial charge in [-0.2, -0.15) is 0 Å². The van der Waals surface area contributed by atoms with Crippen LogP contribution in [-0.2, 0) is 14.4 Å². The van der Waals surface area contributed by atoms with Gasteiger partial charge >= 0.3 is 5.97 Å². The maximum absolute atomic E-state index is 11.9. The number of nitrogens with zero attached hydrogens (tertiary/aromatic N) is 1. The summed E-state index contributed by atoms with van der Waals surface area (Å²) in [6.45, 7) is -0.162. The first-order chi connectivity index (χ1) is 11.0. The summed E-state index contributed by atoms with van der Waals surface area (Å²) in [4.78, 5) is 35.9. The second-order valence-corrected chi connectivity index (χ2v) is 6.33. The molecule has 1 unspecified atom stereocenters. The molecule has 2 N–H and O–H groups in total. The molecular weight excluding hydrogens is 320 g/mol. The second-order valence-electron chi connectivity index (χ2n) is 5.01. The van der Waals surface area contributed by atoms with Gasteiger partial charge in [-0.05, 0) is 18.2 Å². The Morgan fingerprint density at radius 3 is 2.74 bits per heavy atom. The maximum Gasteiger partial charge on any atom is 0.352 e. The summed E-state index contributed by atoms with van der Waals surface area (Å²) in [5.74, 6) is -1.17. The lowest BCUT2D eigenvalue weighted by molar-refractivity contribution is -0.146. The van der Waals surface area contributed by atoms with E-state index in [0.717, 1.165) is 0 Å². The normalized spacial score (nSPS) is 22.5. The van der Waals surface area contributed by atoms with E-state index in [-0.39, 0.29) is 35.9 Å². The lowest BCUT2D eigenvalue weighted by atomic mass is 10.1. The number of hydrogen-bond acceptors (Lipinski definition) is 5. The molecule has 7 nitrogen and oxygen atoms in total. The topological polar surface area (TPSA) is 95.9 Å². The van der Waals surface area contributed by atoms with Crippen molar-refractivity contribution in [3.8, 4) is 5.75 Å². The van der Waals surface area contributed by atoms with Gasteiger partial charge in [-0.15, -0.1) is 11.8 Å². The fourth-order valence-electron chi connectivity index (χ4n) is 2.33. The minimum Gasteiger partial charge on any atom is -0.484 e. The van der Waals surface area contributed by atoms with Crippen LogP contribution >= 0.6 is 11.8 Å². The predicted octanol–water partition coefficient (Wildman–Crippen LogP) is 0.781. The van der Waals surface area contributed by atoms with Crippen molar-refractivity contribution in [3.05, 3.63) is 42.1 Å². The summed E-state index contributed by atoms with van der Waals surface area (Å²) < 4.78 is 5.34. The molecule has 2 aliphatic rings. The van der Waals surface area contributed by atoms with Crippen molar-refractivity contribution >= 4 is 29.5 Å². The first kappa shape index (κ1) is 15.4. The van der Waals surface area contributed by atoms with Crippen molar-refractivity contribution in [3.63, 3.8) is 0 Å². The molecule has 0 bridgehead atoms. The fraction of sp³-hybridized carbons (Fsp3) is 0.267. The number of thioether (sulfide) groups is 1. The van der Waals surface area contributed by atoms with Gasteiger partial charge in [0.1, 0.15) is 11.4 Å². The molecule has 1 aromatic rings. The van der Waals surface area contributed by atoms with E-state index in [1.165, 1.54) is 22.7 Å². The van der Waals surface area contributed by atoms with Crippen LogP contribution in [0.2, 0.25) is 0 Å². The highest BCUT2D eigenvalue weighted by Gasteiger charge is 2.45. The molecule has 2 aliphatic heterocycles. The molecule has 1 aromatic carbocycles. The van der Waals surface area contributed by atoms with E-state index in [9.17, 15) is 19.5 Å². The minimum absolute atomic E-state index is 0.0840. The maximum atomic E-state index is 11.9. The Kier molecular flexibility index (Phi) is 4.24. The number of aliphatic carboxylic acids is 1. The van der Waals surface area contributed by atoms with Crippen molar-refractivity contribution in [2.24, 2.45) is 0 Å². The highest BCUT2D eigenvalue weighted by molar-refractivity contribution is 8.00. The third kappa shape index (κ3) is 3.31. The third-order valence-electron chi connectivity index (χ3n) is 3.41. The number of carboxylic acid groups (broad SMARTS) is 1. The van der Waals surface area contributed by atoms with E-state index in [4.69, 9.17) is 4.74 Å². The van der Waals surface area contributed by atoms with Crippen molar-refractivity contribution in [1.82, 2.24) is 10.2 Å². The van der Waals surface area contributed by atoms with E-state index in [2.05, 4.69) is 5.32 Å². The van der Waals surface area contributed by atoms with Crippen molar-refractivity contribution < 1.29 is 24.2 Å². The first-order valence-corrected chi connectivity index (χ1v) is 7.89. The lowest BCUT2D eigenvalue weighted by Crippen LogP contribution is -2.56. The molecule has 2 atom stereocenters. The van der Waals surface area contributed by atoms with E-state index >= 15 is 0 Å². The summed E-state index contributed by atoms with van der Waals surface area (Å²) >= 11 is 1.33. The molecule has 0 aliphatic carbocycles. The van der Waals surface area contributed by atoms with E-state index in [1.807, 2.05) is 6.07 Å². The number of ether oxygens (including phenoxy) is 1. The summed E-state index contributed by atoms with van der Waals surface area (Å²) in [5, 5.41) is 11.1. The van der Waals surface area contributed by atoms with Gasteiger partial charge in [-0.1, -0.05) is 18.2 Å². The molecule has 0 saturated carbocycles. The number of carbonyl (C=O) groups is 3. The number of carboxylic acids is 1. The van der Waals surface area contributed by atoms with Gasteiger partial charge in [0.25, 0.3) is 5.91 Å². The van der Waals surface area contributed by atoms with Crippen LogP contribution in [0.4, 0.5) is 0 Å². The van der Waals surface area contributed by atoms with Gasteiger partial charge in [0.2, 0.25) is 5.91 Å². The van der Waals surface area contributed by atoms with Crippen LogP contribution in [-0.4, -0.2) is 45.1 Å². The third-order valence-corrected chi connectivity index (χ3v) is 4.65. The highest BCUT2D eigenvalue weighted by atomic mass is 32.2. The fourth-order valence-corrected chi connectivity index (χ4v) is 3.67. The number of fused-ring (bicyclic) bond motifs is 1. The standard InChI is InChI=1S/C15H14N2O5S/c18-11(8-22-9-4-2-1-3-5-9)16-12-6-10(15(20)21)17-13(19)7-14(17)23-12/h1-6,12,14H,7-8H2,(H,16,18)(H,20,21)/t12?,14-/m1/s1. The molecule has 3 rings (SSSR count). The summed E-state index contributed by atoms with van der Waals surface area (Å²) in [6.07, 6.45) is 1.66. The van der Waals surface area contributed by atoms with E-state index in [1.54, 1.807) is 24.3 Å². The Hall–Kier alpha value is -2.48. The molecule has 0 spiro atoms. The zero-order valence-corrected chi connectivity index (χ0v) is 12.8. The number of hydrogen-bond donors (Lipinski definition) is 2. The average molecular weight is 334 g/mol. The lowest BCUT2D eigenvalue weighted by Gasteiger charge is -2.44. The Bertz CT molecular complexity index is 676.